The first kappa shape index (κ1) is 27.2. The minimum absolute atomic E-state index is 0.650. The molecule has 1 aromatic heterocycles. The van der Waals surface area contributed by atoms with Gasteiger partial charge in [-0.25, -0.2) is 0 Å². The Hall–Kier alpha value is -5.41. The van der Waals surface area contributed by atoms with Gasteiger partial charge in [-0.3, -0.25) is 0 Å². The summed E-state index contributed by atoms with van der Waals surface area (Å²) in [6.45, 7) is 0. The summed E-state index contributed by atoms with van der Waals surface area (Å²) in [7, 11) is 0. The summed E-state index contributed by atoms with van der Waals surface area (Å²) in [6.07, 6.45) is 0. The van der Waals surface area contributed by atoms with E-state index >= 15 is 0 Å². The molecule has 0 saturated heterocycles. The van der Waals surface area contributed by atoms with Crippen LogP contribution in [0.4, 0.5) is 0 Å². The molecule has 0 aliphatic heterocycles. The molecule has 0 saturated carbocycles. The first-order valence-electron chi connectivity index (χ1n) is 14.9. The zero-order valence-electron chi connectivity index (χ0n) is 24.3. The Labute approximate surface area is 270 Å². The van der Waals surface area contributed by atoms with Crippen LogP contribution in [0.3, 0.4) is 0 Å². The molecule has 0 fully saturated rings. The second kappa shape index (κ2) is 11.6. The summed E-state index contributed by atoms with van der Waals surface area (Å²) >= 11 is 2.77. The maximum absolute atomic E-state index is 4.99. The van der Waals surface area contributed by atoms with Crippen LogP contribution in [0.2, 0.25) is 0 Å². The second-order valence-electron chi connectivity index (χ2n) is 11.0. The van der Waals surface area contributed by atoms with Crippen molar-refractivity contribution in [2.24, 2.45) is 0 Å². The average Bonchev–Trinajstić information content (AvgIpc) is 3.12. The van der Waals surface area contributed by atoms with Gasteiger partial charge in [0.1, 0.15) is 0 Å². The molecule has 0 N–H and O–H groups in total. The fraction of sp³-hybridized carbons (Fsp3) is 0. The van der Waals surface area contributed by atoms with Crippen molar-refractivity contribution in [2.45, 2.75) is 0 Å². The molecule has 8 rings (SSSR count). The Morgan fingerprint density at radius 3 is 1.51 bits per heavy atom. The van der Waals surface area contributed by atoms with E-state index in [4.69, 9.17) is 15.0 Å². The Balaban J connectivity index is 1.27. The Morgan fingerprint density at radius 2 is 0.822 bits per heavy atom. The normalized spacial score (nSPS) is 11.2. The second-order valence-corrected chi connectivity index (χ2v) is 11.9. The third-order valence-corrected chi connectivity index (χ3v) is 9.24. The standard InChI is InChI=1S/C41H27N3Se/c45-38-33(29-18-11-19-30(25-29)37-26-31-17-7-8-20-32(31)34-21-9-10-22-35(34)37)23-12-24-36(38)41-43-39(27-13-3-1-4-14-27)42-40(44-41)28-15-5-2-6-16-28/h1-26,45H. The van der Waals surface area contributed by atoms with Crippen LogP contribution >= 0.6 is 0 Å². The first-order valence-corrected chi connectivity index (χ1v) is 15.9. The molecule has 45 heavy (non-hydrogen) atoms. The number of hydrogen-bond donors (Lipinski definition) is 0. The van der Waals surface area contributed by atoms with Crippen LogP contribution in [0.15, 0.2) is 158 Å². The van der Waals surface area contributed by atoms with Gasteiger partial charge in [-0.2, -0.15) is 0 Å². The summed E-state index contributed by atoms with van der Waals surface area (Å²) in [4.78, 5) is 14.9. The van der Waals surface area contributed by atoms with E-state index < -0.39 is 0 Å². The topological polar surface area (TPSA) is 38.7 Å². The van der Waals surface area contributed by atoms with Crippen LogP contribution in [0.25, 0.3) is 78.0 Å². The van der Waals surface area contributed by atoms with Gasteiger partial charge < -0.3 is 0 Å². The van der Waals surface area contributed by atoms with E-state index in [0.29, 0.717) is 17.5 Å². The molecular weight excluding hydrogens is 613 g/mol. The van der Waals surface area contributed by atoms with Gasteiger partial charge in [0.15, 0.2) is 0 Å². The van der Waals surface area contributed by atoms with E-state index in [1.807, 2.05) is 60.7 Å². The zero-order valence-corrected chi connectivity index (χ0v) is 26.2. The number of nitrogens with zero attached hydrogens (tertiary/aromatic N) is 3. The first-order chi connectivity index (χ1) is 22.2. The predicted molar refractivity (Wildman–Crippen MR) is 189 cm³/mol. The van der Waals surface area contributed by atoms with E-state index in [2.05, 4.69) is 113 Å². The third kappa shape index (κ3) is 5.11. The molecule has 7 aromatic carbocycles. The van der Waals surface area contributed by atoms with Crippen LogP contribution in [0.5, 0.6) is 0 Å². The predicted octanol–water partition coefficient (Wildman–Crippen LogP) is 9.04. The fourth-order valence-corrected chi connectivity index (χ4v) is 6.83. The van der Waals surface area contributed by atoms with Crippen molar-refractivity contribution in [3.05, 3.63) is 158 Å². The molecule has 0 aliphatic carbocycles. The van der Waals surface area contributed by atoms with Crippen molar-refractivity contribution in [3.63, 3.8) is 0 Å². The summed E-state index contributed by atoms with van der Waals surface area (Å²) in [5.41, 5.74) is 7.56. The minimum atomic E-state index is 0.650. The molecule has 4 heteroatoms. The van der Waals surface area contributed by atoms with Gasteiger partial charge in [0.2, 0.25) is 0 Å². The van der Waals surface area contributed by atoms with Gasteiger partial charge in [0.25, 0.3) is 0 Å². The van der Waals surface area contributed by atoms with Gasteiger partial charge >= 0.3 is 271 Å². The fourth-order valence-electron chi connectivity index (χ4n) is 6.03. The van der Waals surface area contributed by atoms with Crippen molar-refractivity contribution >= 4 is 42.0 Å². The quantitative estimate of drug-likeness (QED) is 0.139. The van der Waals surface area contributed by atoms with Crippen LogP contribution < -0.4 is 4.46 Å². The number of benzene rings is 7. The maximum atomic E-state index is 4.99. The molecule has 0 radical (unpaired) electrons. The number of rotatable bonds is 5. The van der Waals surface area contributed by atoms with Crippen LogP contribution in [0.1, 0.15) is 0 Å². The molecule has 0 spiro atoms. The third-order valence-electron chi connectivity index (χ3n) is 8.23. The van der Waals surface area contributed by atoms with Gasteiger partial charge in [0, 0.05) is 0 Å². The Morgan fingerprint density at radius 1 is 0.333 bits per heavy atom. The van der Waals surface area contributed by atoms with Crippen LogP contribution in [-0.4, -0.2) is 31.0 Å². The van der Waals surface area contributed by atoms with E-state index in [1.165, 1.54) is 32.7 Å². The molecular formula is C41H27N3Se. The van der Waals surface area contributed by atoms with Crippen LogP contribution in [0, 0.1) is 0 Å². The van der Waals surface area contributed by atoms with Gasteiger partial charge in [0.05, 0.1) is 0 Å². The van der Waals surface area contributed by atoms with Crippen molar-refractivity contribution in [1.82, 2.24) is 15.0 Å². The summed E-state index contributed by atoms with van der Waals surface area (Å²) in [6, 6.07) is 55.0. The Kier molecular flexibility index (Phi) is 7.00. The molecule has 212 valence electrons. The van der Waals surface area contributed by atoms with Gasteiger partial charge in [-0.05, 0) is 0 Å². The molecule has 0 unspecified atom stereocenters. The Bertz CT molecular complexity index is 2280. The van der Waals surface area contributed by atoms with E-state index in [1.54, 1.807) is 0 Å². The van der Waals surface area contributed by atoms with E-state index in [0.717, 1.165) is 32.3 Å². The number of aromatic nitrogens is 3. The molecule has 0 bridgehead atoms. The van der Waals surface area contributed by atoms with Crippen molar-refractivity contribution in [2.75, 3.05) is 0 Å². The molecule has 1 heterocycles. The molecule has 3 nitrogen and oxygen atoms in total. The van der Waals surface area contributed by atoms with Gasteiger partial charge in [-0.15, -0.1) is 0 Å². The van der Waals surface area contributed by atoms with Crippen molar-refractivity contribution < 1.29 is 0 Å². The molecule has 0 aliphatic rings. The van der Waals surface area contributed by atoms with Gasteiger partial charge in [-0.1, -0.05) is 0 Å². The molecule has 0 amide bonds. The molecule has 0 atom stereocenters. The summed E-state index contributed by atoms with van der Waals surface area (Å²) < 4.78 is 1.06. The summed E-state index contributed by atoms with van der Waals surface area (Å²) in [5, 5.41) is 5.03. The summed E-state index contributed by atoms with van der Waals surface area (Å²) in [5.74, 6) is 1.96. The number of fused-ring (bicyclic) bond motifs is 3. The number of hydrogen-bond acceptors (Lipinski definition) is 3. The average molecular weight is 641 g/mol. The monoisotopic (exact) mass is 641 g/mol. The van der Waals surface area contributed by atoms with Crippen LogP contribution in [-0.2, 0) is 0 Å². The zero-order chi connectivity index (χ0) is 30.2. The molecule has 8 aromatic rings. The van der Waals surface area contributed by atoms with E-state index in [9.17, 15) is 0 Å². The van der Waals surface area contributed by atoms with Crippen molar-refractivity contribution in [3.8, 4) is 56.4 Å². The van der Waals surface area contributed by atoms with E-state index in [-0.39, 0.29) is 0 Å². The SMILES string of the molecule is [SeH]c1c(-c2cccc(-c3cc4ccccc4c4ccccc34)c2)cccc1-c1nc(-c2ccccc2)nc(-c2ccccc2)n1. The van der Waals surface area contributed by atoms with Crippen molar-refractivity contribution in [1.29, 1.82) is 0 Å².